The molecule has 0 fully saturated rings. The number of amides is 1. The predicted molar refractivity (Wildman–Crippen MR) is 104 cm³/mol. The molecule has 1 aromatic heterocycles. The van der Waals surface area contributed by atoms with Crippen LogP contribution in [0, 0.1) is 6.92 Å². The zero-order chi connectivity index (χ0) is 20.1. The summed E-state index contributed by atoms with van der Waals surface area (Å²) in [4.78, 5) is 24.4. The van der Waals surface area contributed by atoms with Crippen molar-refractivity contribution < 1.29 is 23.5 Å². The van der Waals surface area contributed by atoms with Gasteiger partial charge in [-0.2, -0.15) is 0 Å². The van der Waals surface area contributed by atoms with Crippen molar-refractivity contribution in [3.63, 3.8) is 0 Å². The minimum atomic E-state index is -0.540. The predicted octanol–water partition coefficient (Wildman–Crippen LogP) is 2.30. The summed E-state index contributed by atoms with van der Waals surface area (Å²) >= 11 is 1.08. The van der Waals surface area contributed by atoms with Crippen LogP contribution in [0.1, 0.15) is 5.56 Å². The number of thioether (sulfide) groups is 1. The number of hydrogen-bond donors (Lipinski definition) is 2. The summed E-state index contributed by atoms with van der Waals surface area (Å²) in [6.45, 7) is 1.97. The van der Waals surface area contributed by atoms with E-state index in [4.69, 9.17) is 14.0 Å². The minimum Gasteiger partial charge on any atom is -0.497 e. The molecule has 0 atom stereocenters. The van der Waals surface area contributed by atoms with Crippen LogP contribution in [0.4, 0.5) is 5.69 Å². The molecular weight excluding hydrogens is 382 g/mol. The van der Waals surface area contributed by atoms with Crippen molar-refractivity contribution in [2.45, 2.75) is 11.9 Å². The molecule has 8 nitrogen and oxygen atoms in total. The number of aromatic nitrogens is 2. The van der Waals surface area contributed by atoms with Crippen LogP contribution in [-0.2, 0) is 4.79 Å². The molecule has 9 heteroatoms. The third-order valence-corrected chi connectivity index (χ3v) is 4.90. The van der Waals surface area contributed by atoms with Gasteiger partial charge in [0.15, 0.2) is 0 Å². The van der Waals surface area contributed by atoms with Gasteiger partial charge in [-0.15, -0.1) is 0 Å². The van der Waals surface area contributed by atoms with Gasteiger partial charge < -0.3 is 14.8 Å². The molecule has 146 valence electrons. The number of aryl methyl sites for hydroxylation is 1. The average molecular weight is 402 g/mol. The summed E-state index contributed by atoms with van der Waals surface area (Å²) in [5, 5.41) is 5.60. The lowest BCUT2D eigenvalue weighted by Crippen LogP contribution is -2.36. The molecule has 2 N–H and O–H groups in total. The van der Waals surface area contributed by atoms with Gasteiger partial charge in [0, 0.05) is 36.0 Å². The molecule has 0 saturated carbocycles. The van der Waals surface area contributed by atoms with Crippen LogP contribution in [0.5, 0.6) is 11.5 Å². The van der Waals surface area contributed by atoms with Gasteiger partial charge in [-0.25, -0.2) is 4.79 Å². The second-order valence-electron chi connectivity index (χ2n) is 5.90. The highest BCUT2D eigenvalue weighted by atomic mass is 32.2. The molecule has 3 aromatic rings. The Morgan fingerprint density at radius 1 is 1.14 bits per heavy atom. The van der Waals surface area contributed by atoms with Crippen molar-refractivity contribution in [1.82, 2.24) is 5.27 Å². The van der Waals surface area contributed by atoms with E-state index >= 15 is 0 Å². The molecule has 0 aliphatic heterocycles. The minimum absolute atomic E-state index is 0.0218. The van der Waals surface area contributed by atoms with Gasteiger partial charge in [-0.05, 0) is 28.6 Å². The second-order valence-corrected chi connectivity index (χ2v) is 6.86. The highest BCUT2D eigenvalue weighted by molar-refractivity contribution is 7.99. The van der Waals surface area contributed by atoms with Crippen LogP contribution in [0.25, 0.3) is 5.69 Å². The number of anilines is 1. The smallest absolute Gasteiger partial charge is 0.442 e. The van der Waals surface area contributed by atoms with E-state index in [0.29, 0.717) is 17.2 Å². The Kier molecular flexibility index (Phi) is 6.05. The van der Waals surface area contributed by atoms with Gasteiger partial charge in [-0.3, -0.25) is 9.32 Å². The fourth-order valence-corrected chi connectivity index (χ4v) is 3.23. The van der Waals surface area contributed by atoms with E-state index in [1.807, 2.05) is 31.2 Å². The molecule has 0 aliphatic carbocycles. The second kappa shape index (κ2) is 8.66. The van der Waals surface area contributed by atoms with Gasteiger partial charge in [-0.1, -0.05) is 17.7 Å². The van der Waals surface area contributed by atoms with E-state index in [1.165, 1.54) is 18.9 Å². The third-order valence-electron chi connectivity index (χ3n) is 3.87. The summed E-state index contributed by atoms with van der Waals surface area (Å²) < 4.78 is 16.8. The van der Waals surface area contributed by atoms with E-state index in [2.05, 4.69) is 10.6 Å². The van der Waals surface area contributed by atoms with E-state index in [9.17, 15) is 9.59 Å². The lowest BCUT2D eigenvalue weighted by molar-refractivity contribution is -0.704. The number of hydrogen-bond acceptors (Lipinski definition) is 6. The maximum Gasteiger partial charge on any atom is 0.442 e. The van der Waals surface area contributed by atoms with E-state index < -0.39 is 5.63 Å². The monoisotopic (exact) mass is 402 g/mol. The molecule has 0 spiro atoms. The van der Waals surface area contributed by atoms with Crippen molar-refractivity contribution in [3.8, 4) is 17.2 Å². The van der Waals surface area contributed by atoms with Crippen molar-refractivity contribution in [1.29, 1.82) is 0 Å². The molecule has 28 heavy (non-hydrogen) atoms. The zero-order valence-corrected chi connectivity index (χ0v) is 16.5. The highest BCUT2D eigenvalue weighted by Crippen LogP contribution is 2.26. The lowest BCUT2D eigenvalue weighted by Gasteiger charge is -2.09. The number of carbonyl (C=O) groups is 1. The molecule has 1 heterocycles. The summed E-state index contributed by atoms with van der Waals surface area (Å²) in [5.74, 6) is 0.863. The van der Waals surface area contributed by atoms with Crippen molar-refractivity contribution >= 4 is 23.4 Å². The maximum atomic E-state index is 12.3. The summed E-state index contributed by atoms with van der Waals surface area (Å²) in [7, 11) is 3.07. The first kappa shape index (κ1) is 19.6. The molecule has 0 aliphatic rings. The first-order valence-corrected chi connectivity index (χ1v) is 9.35. The zero-order valence-electron chi connectivity index (χ0n) is 15.6. The van der Waals surface area contributed by atoms with E-state index in [0.717, 1.165) is 23.0 Å². The Bertz CT molecular complexity index is 1000. The number of aromatic amines is 1. The quantitative estimate of drug-likeness (QED) is 0.465. The van der Waals surface area contributed by atoms with Crippen molar-refractivity contribution in [2.24, 2.45) is 0 Å². The molecule has 3 rings (SSSR count). The SMILES string of the molecule is COc1cc(NC(=O)CSc2c(=O)o[nH][n+]2-c2ccc(C)cc2)cc(OC)c1. The normalized spacial score (nSPS) is 10.5. The number of carbonyl (C=O) groups excluding carboxylic acids is 1. The van der Waals surface area contributed by atoms with Gasteiger partial charge in [0.25, 0.3) is 0 Å². The van der Waals surface area contributed by atoms with Crippen LogP contribution in [0.2, 0.25) is 0 Å². The molecule has 2 aromatic carbocycles. The van der Waals surface area contributed by atoms with Crippen molar-refractivity contribution in [2.75, 3.05) is 25.3 Å². The lowest BCUT2D eigenvalue weighted by atomic mass is 10.2. The Labute approximate surface area is 165 Å². The Balaban J connectivity index is 1.71. The Hall–Kier alpha value is -3.20. The average Bonchev–Trinajstić information content (AvgIpc) is 3.07. The molecule has 0 unspecified atom stereocenters. The number of H-pyrrole nitrogens is 1. The van der Waals surface area contributed by atoms with E-state index in [-0.39, 0.29) is 16.7 Å². The summed E-state index contributed by atoms with van der Waals surface area (Å²) in [5.41, 5.74) is 1.82. The van der Waals surface area contributed by atoms with Crippen LogP contribution in [0.3, 0.4) is 0 Å². The molecular formula is C19H20N3O5S+. The fourth-order valence-electron chi connectivity index (χ4n) is 2.46. The topological polar surface area (TPSA) is 97.4 Å². The first-order chi connectivity index (χ1) is 13.5. The van der Waals surface area contributed by atoms with Crippen LogP contribution in [0.15, 0.2) is 56.8 Å². The highest BCUT2D eigenvalue weighted by Gasteiger charge is 2.25. The number of nitrogens with one attached hydrogen (secondary N) is 2. The van der Waals surface area contributed by atoms with Gasteiger partial charge >= 0.3 is 10.7 Å². The maximum absolute atomic E-state index is 12.3. The Morgan fingerprint density at radius 3 is 2.39 bits per heavy atom. The number of rotatable bonds is 7. The first-order valence-electron chi connectivity index (χ1n) is 8.36. The van der Waals surface area contributed by atoms with Crippen molar-refractivity contribution in [3.05, 3.63) is 58.4 Å². The molecule has 0 saturated heterocycles. The standard InChI is InChI=1S/C19H19N3O5S/c1-12-4-6-14(7-5-12)22-18(19(24)27-21-22)28-11-17(23)20-13-8-15(25-2)10-16(9-13)26-3/h4-10H,11H2,1-3H3,(H-,20,21,23,24)/p+1. The number of methoxy groups -OCH3 is 2. The molecule has 1 amide bonds. The number of benzene rings is 2. The summed E-state index contributed by atoms with van der Waals surface area (Å²) in [6, 6.07) is 12.6. The fraction of sp³-hybridized carbons (Fsp3) is 0.211. The third kappa shape index (κ3) is 4.55. The largest absolute Gasteiger partial charge is 0.497 e. The Morgan fingerprint density at radius 2 is 1.79 bits per heavy atom. The van der Waals surface area contributed by atoms with Gasteiger partial charge in [0.2, 0.25) is 11.6 Å². The molecule has 0 radical (unpaired) electrons. The number of nitrogens with zero attached hydrogens (tertiary/aromatic N) is 1. The van der Waals surface area contributed by atoms with Gasteiger partial charge in [0.1, 0.15) is 11.5 Å². The summed E-state index contributed by atoms with van der Waals surface area (Å²) in [6.07, 6.45) is 0. The van der Waals surface area contributed by atoms with Crippen LogP contribution in [-0.4, -0.2) is 31.2 Å². The van der Waals surface area contributed by atoms with Crippen LogP contribution < -0.4 is 25.1 Å². The van der Waals surface area contributed by atoms with Crippen LogP contribution >= 0.6 is 11.8 Å². The molecule has 0 bridgehead atoms. The van der Waals surface area contributed by atoms with Gasteiger partial charge in [0.05, 0.1) is 20.0 Å². The van der Waals surface area contributed by atoms with E-state index in [1.54, 1.807) is 18.2 Å². The number of ether oxygens (including phenoxy) is 2.